The molecule has 0 aromatic heterocycles. The highest BCUT2D eigenvalue weighted by atomic mass is 16.6. The van der Waals surface area contributed by atoms with Crippen molar-refractivity contribution in [2.75, 3.05) is 0 Å². The average Bonchev–Trinajstić information content (AvgIpc) is 3.08. The molecule has 3 heteroatoms. The van der Waals surface area contributed by atoms with E-state index in [0.29, 0.717) is 24.0 Å². The normalized spacial score (nSPS) is 37.3. The van der Waals surface area contributed by atoms with Gasteiger partial charge in [0.2, 0.25) is 0 Å². The molecule has 1 aromatic rings. The maximum Gasteiger partial charge on any atom is 0.198 e. The van der Waals surface area contributed by atoms with Crippen molar-refractivity contribution >= 4 is 11.6 Å². The Morgan fingerprint density at radius 1 is 0.833 bits per heavy atom. The fraction of sp³-hybridized carbons (Fsp3) is 0.467. The first kappa shape index (κ1) is 10.4. The van der Waals surface area contributed by atoms with Crippen LogP contribution in [0.2, 0.25) is 0 Å². The number of fused-ring (bicyclic) bond motifs is 1. The van der Waals surface area contributed by atoms with Crippen LogP contribution in [0.3, 0.4) is 0 Å². The molecule has 4 rings (SSSR count). The first-order valence-corrected chi connectivity index (χ1v) is 6.60. The van der Waals surface area contributed by atoms with Crippen molar-refractivity contribution < 1.29 is 14.3 Å². The number of carbonyl (C=O) groups excluding carboxylic acids is 2. The molecule has 0 N–H and O–H groups in total. The first-order chi connectivity index (χ1) is 8.71. The summed E-state index contributed by atoms with van der Waals surface area (Å²) in [4.78, 5) is 25.3. The van der Waals surface area contributed by atoms with Crippen molar-refractivity contribution in [3.8, 4) is 0 Å². The number of benzene rings is 1. The second-order valence-corrected chi connectivity index (χ2v) is 5.52. The fourth-order valence-corrected chi connectivity index (χ4v) is 3.70. The number of hydrogen-bond acceptors (Lipinski definition) is 3. The van der Waals surface area contributed by atoms with Gasteiger partial charge < -0.3 is 4.74 Å². The summed E-state index contributed by atoms with van der Waals surface area (Å²) >= 11 is 0. The minimum atomic E-state index is -0.811. The molecule has 2 atom stereocenters. The van der Waals surface area contributed by atoms with Crippen LogP contribution >= 0.6 is 0 Å². The van der Waals surface area contributed by atoms with E-state index in [1.807, 2.05) is 12.1 Å². The van der Waals surface area contributed by atoms with Gasteiger partial charge in [-0.2, -0.15) is 0 Å². The minimum Gasteiger partial charge on any atom is -0.345 e. The molecule has 1 heterocycles. The topological polar surface area (TPSA) is 46.7 Å². The van der Waals surface area contributed by atoms with Crippen molar-refractivity contribution in [3.63, 3.8) is 0 Å². The predicted octanol–water partition coefficient (Wildman–Crippen LogP) is 2.54. The number of carbonyl (C=O) groups is 2. The highest BCUT2D eigenvalue weighted by Gasteiger charge is 2.79. The SMILES string of the molecule is O=C1c2ccccc2C(=O)C23CCCCCC12O3. The lowest BCUT2D eigenvalue weighted by Crippen LogP contribution is -2.44. The molecule has 0 spiro atoms. The Morgan fingerprint density at radius 2 is 1.33 bits per heavy atom. The van der Waals surface area contributed by atoms with E-state index in [0.717, 1.165) is 19.3 Å². The summed E-state index contributed by atoms with van der Waals surface area (Å²) in [6, 6.07) is 7.13. The third kappa shape index (κ3) is 0.962. The number of ether oxygens (including phenoxy) is 1. The van der Waals surface area contributed by atoms with Crippen LogP contribution in [0.25, 0.3) is 0 Å². The van der Waals surface area contributed by atoms with E-state index in [1.165, 1.54) is 0 Å². The molecule has 3 aliphatic rings. The molecule has 1 aliphatic heterocycles. The largest absolute Gasteiger partial charge is 0.345 e. The summed E-state index contributed by atoms with van der Waals surface area (Å²) in [5.74, 6) is 0.0548. The number of rotatable bonds is 0. The van der Waals surface area contributed by atoms with Crippen LogP contribution in [0.15, 0.2) is 24.3 Å². The van der Waals surface area contributed by atoms with Gasteiger partial charge in [-0.05, 0) is 25.7 Å². The second-order valence-electron chi connectivity index (χ2n) is 5.52. The highest BCUT2D eigenvalue weighted by Crippen LogP contribution is 2.61. The molecular formula is C15H14O3. The van der Waals surface area contributed by atoms with Gasteiger partial charge in [0.25, 0.3) is 0 Å². The summed E-state index contributed by atoms with van der Waals surface area (Å²) < 4.78 is 5.80. The van der Waals surface area contributed by atoms with E-state index in [-0.39, 0.29) is 11.6 Å². The van der Waals surface area contributed by atoms with Crippen molar-refractivity contribution in [2.24, 2.45) is 0 Å². The van der Waals surface area contributed by atoms with Crippen LogP contribution < -0.4 is 0 Å². The maximum atomic E-state index is 12.6. The zero-order valence-corrected chi connectivity index (χ0v) is 10.1. The fourth-order valence-electron chi connectivity index (χ4n) is 3.70. The Bertz CT molecular complexity index is 528. The minimum absolute atomic E-state index is 0.0274. The summed E-state index contributed by atoms with van der Waals surface area (Å²) in [5.41, 5.74) is -0.515. The number of hydrogen-bond donors (Lipinski definition) is 0. The van der Waals surface area contributed by atoms with Gasteiger partial charge in [0.15, 0.2) is 22.8 Å². The van der Waals surface area contributed by atoms with Gasteiger partial charge in [0, 0.05) is 11.1 Å². The molecule has 2 fully saturated rings. The van der Waals surface area contributed by atoms with Crippen LogP contribution in [0.5, 0.6) is 0 Å². The number of epoxide rings is 1. The molecule has 2 unspecified atom stereocenters. The number of Topliss-reactive ketones (excluding diaryl/α,β-unsaturated/α-hetero) is 2. The zero-order chi connectivity index (χ0) is 12.4. The third-order valence-corrected chi connectivity index (χ3v) is 4.67. The summed E-state index contributed by atoms with van der Waals surface area (Å²) in [5, 5.41) is 0. The van der Waals surface area contributed by atoms with Gasteiger partial charge >= 0.3 is 0 Å². The monoisotopic (exact) mass is 242 g/mol. The van der Waals surface area contributed by atoms with E-state index >= 15 is 0 Å². The van der Waals surface area contributed by atoms with Crippen LogP contribution in [0.1, 0.15) is 52.8 Å². The van der Waals surface area contributed by atoms with Crippen molar-refractivity contribution in [2.45, 2.75) is 43.3 Å². The summed E-state index contributed by atoms with van der Waals surface area (Å²) in [6.45, 7) is 0. The zero-order valence-electron chi connectivity index (χ0n) is 10.1. The quantitative estimate of drug-likeness (QED) is 0.657. The molecule has 0 radical (unpaired) electrons. The van der Waals surface area contributed by atoms with Crippen LogP contribution in [-0.2, 0) is 4.74 Å². The van der Waals surface area contributed by atoms with Crippen LogP contribution in [0, 0.1) is 0 Å². The molecule has 3 nitrogen and oxygen atoms in total. The molecule has 1 aromatic carbocycles. The highest BCUT2D eigenvalue weighted by molar-refractivity contribution is 6.25. The first-order valence-electron chi connectivity index (χ1n) is 6.60. The lowest BCUT2D eigenvalue weighted by Gasteiger charge is -2.23. The lowest BCUT2D eigenvalue weighted by molar-refractivity contribution is 0.0834. The Labute approximate surface area is 105 Å². The van der Waals surface area contributed by atoms with Gasteiger partial charge in [-0.3, -0.25) is 9.59 Å². The lowest BCUT2D eigenvalue weighted by atomic mass is 9.72. The molecule has 1 saturated heterocycles. The second kappa shape index (κ2) is 3.09. The Kier molecular flexibility index (Phi) is 1.80. The molecule has 18 heavy (non-hydrogen) atoms. The molecule has 2 aliphatic carbocycles. The number of ketones is 2. The van der Waals surface area contributed by atoms with E-state index in [1.54, 1.807) is 12.1 Å². The Hall–Kier alpha value is -1.48. The van der Waals surface area contributed by atoms with Crippen LogP contribution in [0.4, 0.5) is 0 Å². The molecular weight excluding hydrogens is 228 g/mol. The van der Waals surface area contributed by atoms with E-state index in [2.05, 4.69) is 0 Å². The van der Waals surface area contributed by atoms with Gasteiger partial charge in [-0.25, -0.2) is 0 Å². The van der Waals surface area contributed by atoms with Crippen molar-refractivity contribution in [1.29, 1.82) is 0 Å². The van der Waals surface area contributed by atoms with E-state index in [4.69, 9.17) is 4.74 Å². The molecule has 92 valence electrons. The van der Waals surface area contributed by atoms with Crippen molar-refractivity contribution in [3.05, 3.63) is 35.4 Å². The van der Waals surface area contributed by atoms with Gasteiger partial charge in [-0.1, -0.05) is 30.7 Å². The van der Waals surface area contributed by atoms with Gasteiger partial charge in [0.05, 0.1) is 0 Å². The van der Waals surface area contributed by atoms with Gasteiger partial charge in [0.1, 0.15) is 0 Å². The van der Waals surface area contributed by atoms with E-state index in [9.17, 15) is 9.59 Å². The summed E-state index contributed by atoms with van der Waals surface area (Å²) in [6.07, 6.45) is 4.44. The molecule has 0 bridgehead atoms. The van der Waals surface area contributed by atoms with E-state index < -0.39 is 11.2 Å². The predicted molar refractivity (Wildman–Crippen MR) is 64.7 cm³/mol. The Balaban J connectivity index is 1.94. The maximum absolute atomic E-state index is 12.6. The van der Waals surface area contributed by atoms with Gasteiger partial charge in [-0.15, -0.1) is 0 Å². The Morgan fingerprint density at radius 3 is 1.83 bits per heavy atom. The van der Waals surface area contributed by atoms with Crippen molar-refractivity contribution in [1.82, 2.24) is 0 Å². The molecule has 1 saturated carbocycles. The molecule has 0 amide bonds. The average molecular weight is 242 g/mol. The summed E-state index contributed by atoms with van der Waals surface area (Å²) in [7, 11) is 0. The smallest absolute Gasteiger partial charge is 0.198 e. The third-order valence-electron chi connectivity index (χ3n) is 4.67. The van der Waals surface area contributed by atoms with Crippen LogP contribution in [-0.4, -0.2) is 22.8 Å². The standard InChI is InChI=1S/C15H14O3/c16-12-10-6-2-3-7-11(10)13(17)15-9-5-1-4-8-14(12,15)18-15/h2-3,6-7H,1,4-5,8-9H2.